The summed E-state index contributed by atoms with van der Waals surface area (Å²) in [4.78, 5) is 0. The predicted molar refractivity (Wildman–Crippen MR) is 136 cm³/mol. The average Bonchev–Trinajstić information content (AvgIpc) is 2.75. The molecule has 31 heavy (non-hydrogen) atoms. The number of aryl methyl sites for hydroxylation is 4. The molecule has 0 aromatic heterocycles. The molecule has 0 nitrogen and oxygen atoms in total. The minimum atomic E-state index is 1.10. The number of benzene rings is 4. The molecule has 0 N–H and O–H groups in total. The van der Waals surface area contributed by atoms with Gasteiger partial charge < -0.3 is 0 Å². The van der Waals surface area contributed by atoms with Crippen LogP contribution < -0.4 is 0 Å². The second-order valence-corrected chi connectivity index (χ2v) is 8.65. The Bertz CT molecular complexity index is 1290. The van der Waals surface area contributed by atoms with Gasteiger partial charge >= 0.3 is 0 Å². The van der Waals surface area contributed by atoms with Crippen molar-refractivity contribution in [2.75, 3.05) is 0 Å². The van der Waals surface area contributed by atoms with Gasteiger partial charge in [0.05, 0.1) is 0 Å². The van der Waals surface area contributed by atoms with E-state index in [2.05, 4.69) is 120 Å². The quantitative estimate of drug-likeness (QED) is 0.319. The first kappa shape index (κ1) is 20.9. The van der Waals surface area contributed by atoms with Crippen molar-refractivity contribution in [3.63, 3.8) is 0 Å². The standard InChI is InChI=1S/C31H30/c1-20(2)27-13-9-11-24(6)31(27)30-19-26(17-15-23(30)5)25-16-14-22(4)29(18-25)28-12-8-7-10-21(28)3/h7-19H,1H2,2-6H3. The van der Waals surface area contributed by atoms with Gasteiger partial charge in [0, 0.05) is 0 Å². The normalized spacial score (nSPS) is 10.9. The fourth-order valence-corrected chi connectivity index (χ4v) is 4.42. The summed E-state index contributed by atoms with van der Waals surface area (Å²) in [6.07, 6.45) is 0. The van der Waals surface area contributed by atoms with E-state index < -0.39 is 0 Å². The van der Waals surface area contributed by atoms with E-state index in [1.807, 2.05) is 0 Å². The maximum atomic E-state index is 4.23. The van der Waals surface area contributed by atoms with Gasteiger partial charge in [-0.15, -0.1) is 0 Å². The van der Waals surface area contributed by atoms with Crippen molar-refractivity contribution < 1.29 is 0 Å². The molecule has 4 rings (SSSR count). The zero-order valence-electron chi connectivity index (χ0n) is 19.2. The molecule has 0 bridgehead atoms. The third-order valence-corrected chi connectivity index (χ3v) is 6.25. The van der Waals surface area contributed by atoms with Crippen molar-refractivity contribution in [1.82, 2.24) is 0 Å². The topological polar surface area (TPSA) is 0 Å². The molecule has 0 aliphatic heterocycles. The van der Waals surface area contributed by atoms with Gasteiger partial charge in [-0.05, 0) is 108 Å². The van der Waals surface area contributed by atoms with Crippen LogP contribution in [0, 0.1) is 27.7 Å². The molecule has 0 saturated carbocycles. The van der Waals surface area contributed by atoms with E-state index in [0.29, 0.717) is 0 Å². The molecule has 4 aromatic carbocycles. The summed E-state index contributed by atoms with van der Waals surface area (Å²) in [5.41, 5.74) is 15.2. The number of allylic oxidation sites excluding steroid dienone is 1. The van der Waals surface area contributed by atoms with Crippen LogP contribution in [-0.4, -0.2) is 0 Å². The maximum Gasteiger partial charge on any atom is -0.00768 e. The lowest BCUT2D eigenvalue weighted by Crippen LogP contribution is -1.94. The summed E-state index contributed by atoms with van der Waals surface area (Å²) in [6, 6.07) is 28.8. The smallest absolute Gasteiger partial charge is 0.00768 e. The monoisotopic (exact) mass is 402 g/mol. The zero-order chi connectivity index (χ0) is 22.1. The number of hydrogen-bond acceptors (Lipinski definition) is 0. The molecule has 0 unspecified atom stereocenters. The molecule has 0 saturated heterocycles. The lowest BCUT2D eigenvalue weighted by molar-refractivity contribution is 1.38. The molecule has 0 heteroatoms. The second kappa shape index (κ2) is 8.40. The maximum absolute atomic E-state index is 4.23. The molecular weight excluding hydrogens is 372 g/mol. The Morgan fingerprint density at radius 1 is 0.548 bits per heavy atom. The molecular formula is C31H30. The van der Waals surface area contributed by atoms with Crippen molar-refractivity contribution in [3.05, 3.63) is 113 Å². The van der Waals surface area contributed by atoms with Crippen molar-refractivity contribution >= 4 is 5.57 Å². The van der Waals surface area contributed by atoms with Crippen molar-refractivity contribution in [1.29, 1.82) is 0 Å². The third-order valence-electron chi connectivity index (χ3n) is 6.25. The largest absolute Gasteiger partial charge is 0.0955 e. The minimum absolute atomic E-state index is 1.10. The van der Waals surface area contributed by atoms with Crippen LogP contribution in [-0.2, 0) is 0 Å². The highest BCUT2D eigenvalue weighted by molar-refractivity contribution is 5.86. The average molecular weight is 403 g/mol. The predicted octanol–water partition coefficient (Wildman–Crippen LogP) is 8.95. The highest BCUT2D eigenvalue weighted by atomic mass is 14.2. The van der Waals surface area contributed by atoms with Gasteiger partial charge in [-0.25, -0.2) is 0 Å². The van der Waals surface area contributed by atoms with Crippen LogP contribution in [0.25, 0.3) is 39.0 Å². The Kier molecular flexibility index (Phi) is 5.65. The van der Waals surface area contributed by atoms with Crippen LogP contribution in [0.5, 0.6) is 0 Å². The van der Waals surface area contributed by atoms with E-state index in [-0.39, 0.29) is 0 Å². The van der Waals surface area contributed by atoms with E-state index >= 15 is 0 Å². The molecule has 0 fully saturated rings. The highest BCUT2D eigenvalue weighted by Gasteiger charge is 2.13. The van der Waals surface area contributed by atoms with E-state index in [1.165, 1.54) is 61.2 Å². The molecule has 0 spiro atoms. The zero-order valence-corrected chi connectivity index (χ0v) is 19.2. The van der Waals surface area contributed by atoms with Crippen LogP contribution in [0.15, 0.2) is 85.4 Å². The van der Waals surface area contributed by atoms with Crippen molar-refractivity contribution in [2.24, 2.45) is 0 Å². The van der Waals surface area contributed by atoms with E-state index in [0.717, 1.165) is 5.57 Å². The molecule has 0 atom stereocenters. The summed E-state index contributed by atoms with van der Waals surface area (Å²) in [5, 5.41) is 0. The Labute approximate surface area is 186 Å². The van der Waals surface area contributed by atoms with Gasteiger partial charge in [-0.1, -0.05) is 78.9 Å². The summed E-state index contributed by atoms with van der Waals surface area (Å²) in [7, 11) is 0. The fraction of sp³-hybridized carbons (Fsp3) is 0.161. The van der Waals surface area contributed by atoms with Gasteiger partial charge in [0.25, 0.3) is 0 Å². The Morgan fingerprint density at radius 3 is 1.74 bits per heavy atom. The van der Waals surface area contributed by atoms with E-state index in [1.54, 1.807) is 0 Å². The molecule has 0 heterocycles. The second-order valence-electron chi connectivity index (χ2n) is 8.65. The van der Waals surface area contributed by atoms with E-state index in [4.69, 9.17) is 0 Å². The molecule has 154 valence electrons. The minimum Gasteiger partial charge on any atom is -0.0955 e. The van der Waals surface area contributed by atoms with Gasteiger partial charge in [0.15, 0.2) is 0 Å². The first-order chi connectivity index (χ1) is 14.9. The summed E-state index contributed by atoms with van der Waals surface area (Å²) < 4.78 is 0. The lowest BCUT2D eigenvalue weighted by Gasteiger charge is -2.17. The van der Waals surface area contributed by atoms with E-state index in [9.17, 15) is 0 Å². The van der Waals surface area contributed by atoms with Gasteiger partial charge in [-0.2, -0.15) is 0 Å². The summed E-state index contributed by atoms with van der Waals surface area (Å²) >= 11 is 0. The first-order valence-corrected chi connectivity index (χ1v) is 10.9. The number of rotatable bonds is 4. The van der Waals surface area contributed by atoms with Crippen LogP contribution in [0.4, 0.5) is 0 Å². The molecule has 0 radical (unpaired) electrons. The lowest BCUT2D eigenvalue weighted by atomic mass is 9.87. The molecule has 4 aromatic rings. The van der Waals surface area contributed by atoms with Gasteiger partial charge in [0.2, 0.25) is 0 Å². The van der Waals surface area contributed by atoms with Gasteiger partial charge in [0.1, 0.15) is 0 Å². The van der Waals surface area contributed by atoms with Crippen molar-refractivity contribution in [3.8, 4) is 33.4 Å². The fourth-order valence-electron chi connectivity index (χ4n) is 4.42. The Balaban J connectivity index is 1.89. The van der Waals surface area contributed by atoms with Crippen LogP contribution in [0.3, 0.4) is 0 Å². The first-order valence-electron chi connectivity index (χ1n) is 10.9. The van der Waals surface area contributed by atoms with Crippen molar-refractivity contribution in [2.45, 2.75) is 34.6 Å². The van der Waals surface area contributed by atoms with Gasteiger partial charge in [-0.3, -0.25) is 0 Å². The SMILES string of the molecule is C=C(C)c1cccc(C)c1-c1cc(-c2ccc(C)c(-c3ccccc3C)c2)ccc1C. The Hall–Kier alpha value is -3.38. The number of hydrogen-bond donors (Lipinski definition) is 0. The summed E-state index contributed by atoms with van der Waals surface area (Å²) in [6.45, 7) is 15.1. The Morgan fingerprint density at radius 2 is 1.10 bits per heavy atom. The van der Waals surface area contributed by atoms with Crippen LogP contribution in [0.1, 0.15) is 34.7 Å². The molecule has 0 aliphatic carbocycles. The van der Waals surface area contributed by atoms with Crippen LogP contribution >= 0.6 is 0 Å². The molecule has 0 aliphatic rings. The summed E-state index contributed by atoms with van der Waals surface area (Å²) in [5.74, 6) is 0. The highest BCUT2D eigenvalue weighted by Crippen LogP contribution is 2.37. The third kappa shape index (κ3) is 3.99. The molecule has 0 amide bonds. The van der Waals surface area contributed by atoms with Crippen LogP contribution in [0.2, 0.25) is 0 Å².